The lowest BCUT2D eigenvalue weighted by Crippen LogP contribution is -2.02. The summed E-state index contributed by atoms with van der Waals surface area (Å²) < 4.78 is 0. The van der Waals surface area contributed by atoms with E-state index < -0.39 is 0 Å². The van der Waals surface area contributed by atoms with E-state index in [1.165, 1.54) is 0 Å². The highest BCUT2D eigenvalue weighted by Crippen LogP contribution is 2.16. The van der Waals surface area contributed by atoms with E-state index in [2.05, 4.69) is 6.92 Å². The number of carbonyl (C=O) groups excluding carboxylic acids is 1. The van der Waals surface area contributed by atoms with Crippen molar-refractivity contribution in [3.8, 4) is 0 Å². The van der Waals surface area contributed by atoms with Crippen molar-refractivity contribution >= 4 is 11.5 Å². The second-order valence-electron chi connectivity index (χ2n) is 3.86. The smallest absolute Gasteiger partial charge is 0.187 e. The van der Waals surface area contributed by atoms with E-state index in [-0.39, 0.29) is 5.78 Å². The monoisotopic (exact) mass is 203 g/mol. The molecule has 0 heterocycles. The van der Waals surface area contributed by atoms with Gasteiger partial charge in [-0.15, -0.1) is 0 Å². The summed E-state index contributed by atoms with van der Waals surface area (Å²) in [7, 11) is 0. The van der Waals surface area contributed by atoms with Crippen LogP contribution in [-0.2, 0) is 6.42 Å². The Kier molecular flexibility index (Phi) is 3.67. The zero-order chi connectivity index (χ0) is 11.4. The third-order valence-corrected chi connectivity index (χ3v) is 2.21. The first-order valence-corrected chi connectivity index (χ1v) is 5.12. The van der Waals surface area contributed by atoms with E-state index in [4.69, 9.17) is 5.73 Å². The predicted octanol–water partition coefficient (Wildman–Crippen LogP) is 2.98. The third kappa shape index (κ3) is 2.94. The molecule has 0 saturated heterocycles. The van der Waals surface area contributed by atoms with Gasteiger partial charge in [0, 0.05) is 11.3 Å². The van der Waals surface area contributed by atoms with E-state index in [1.807, 2.05) is 26.0 Å². The van der Waals surface area contributed by atoms with Crippen LogP contribution < -0.4 is 5.73 Å². The highest BCUT2D eigenvalue weighted by atomic mass is 16.1. The van der Waals surface area contributed by atoms with E-state index in [1.54, 1.807) is 12.1 Å². The number of aryl methyl sites for hydroxylation is 1. The molecule has 1 aromatic carbocycles. The molecule has 0 aliphatic carbocycles. The molecule has 0 unspecified atom stereocenters. The van der Waals surface area contributed by atoms with Gasteiger partial charge in [-0.2, -0.15) is 0 Å². The SMILES string of the molecule is CCc1ccc(N)c(C(=O)C=C(C)C)c1. The van der Waals surface area contributed by atoms with Crippen LogP contribution in [0.1, 0.15) is 36.7 Å². The second-order valence-corrected chi connectivity index (χ2v) is 3.86. The molecule has 0 radical (unpaired) electrons. The molecule has 0 saturated carbocycles. The standard InChI is InChI=1S/C13H17NO/c1-4-10-5-6-12(14)11(8-10)13(15)7-9(2)3/h5-8H,4,14H2,1-3H3. The maximum Gasteiger partial charge on any atom is 0.187 e. The molecule has 0 atom stereocenters. The van der Waals surface area contributed by atoms with Crippen LogP contribution in [0.5, 0.6) is 0 Å². The van der Waals surface area contributed by atoms with Gasteiger partial charge in [-0.25, -0.2) is 0 Å². The summed E-state index contributed by atoms with van der Waals surface area (Å²) in [5.74, 6) is -0.0113. The Morgan fingerprint density at radius 2 is 2.07 bits per heavy atom. The number of benzene rings is 1. The topological polar surface area (TPSA) is 43.1 Å². The number of nitrogens with two attached hydrogens (primary N) is 1. The molecule has 0 aliphatic heterocycles. The molecule has 15 heavy (non-hydrogen) atoms. The summed E-state index contributed by atoms with van der Waals surface area (Å²) in [5.41, 5.74) is 9.05. The van der Waals surface area contributed by atoms with Crippen LogP contribution in [-0.4, -0.2) is 5.78 Å². The number of allylic oxidation sites excluding steroid dienone is 2. The van der Waals surface area contributed by atoms with Crippen molar-refractivity contribution in [3.63, 3.8) is 0 Å². The van der Waals surface area contributed by atoms with Gasteiger partial charge in [-0.3, -0.25) is 4.79 Å². The minimum absolute atomic E-state index is 0.0113. The summed E-state index contributed by atoms with van der Waals surface area (Å²) in [4.78, 5) is 11.8. The molecule has 0 fully saturated rings. The van der Waals surface area contributed by atoms with Crippen molar-refractivity contribution in [2.24, 2.45) is 0 Å². The number of nitrogen functional groups attached to an aromatic ring is 1. The third-order valence-electron chi connectivity index (χ3n) is 2.21. The Balaban J connectivity index is 3.12. The largest absolute Gasteiger partial charge is 0.398 e. The fraction of sp³-hybridized carbons (Fsp3) is 0.308. The lowest BCUT2D eigenvalue weighted by atomic mass is 10.0. The number of anilines is 1. The summed E-state index contributed by atoms with van der Waals surface area (Å²) in [5, 5.41) is 0. The highest BCUT2D eigenvalue weighted by molar-refractivity contribution is 6.08. The van der Waals surface area contributed by atoms with E-state index in [0.29, 0.717) is 11.3 Å². The van der Waals surface area contributed by atoms with Crippen molar-refractivity contribution in [2.75, 3.05) is 5.73 Å². The van der Waals surface area contributed by atoms with Crippen LogP contribution in [0.2, 0.25) is 0 Å². The van der Waals surface area contributed by atoms with Crippen molar-refractivity contribution < 1.29 is 4.79 Å². The summed E-state index contributed by atoms with van der Waals surface area (Å²) in [6.45, 7) is 5.86. The minimum Gasteiger partial charge on any atom is -0.398 e. The van der Waals surface area contributed by atoms with Crippen LogP contribution in [0.15, 0.2) is 29.8 Å². The van der Waals surface area contributed by atoms with Gasteiger partial charge in [0.1, 0.15) is 0 Å². The fourth-order valence-corrected chi connectivity index (χ4v) is 1.38. The van der Waals surface area contributed by atoms with Crippen LogP contribution >= 0.6 is 0 Å². The first-order valence-electron chi connectivity index (χ1n) is 5.12. The zero-order valence-corrected chi connectivity index (χ0v) is 9.50. The number of rotatable bonds is 3. The molecule has 2 nitrogen and oxygen atoms in total. The Morgan fingerprint density at radius 3 is 2.60 bits per heavy atom. The average Bonchev–Trinajstić information content (AvgIpc) is 2.17. The normalized spacial score (nSPS) is 9.80. The average molecular weight is 203 g/mol. The van der Waals surface area contributed by atoms with Gasteiger partial charge in [0.2, 0.25) is 0 Å². The van der Waals surface area contributed by atoms with Crippen molar-refractivity contribution in [1.82, 2.24) is 0 Å². The molecule has 0 amide bonds. The minimum atomic E-state index is -0.0113. The van der Waals surface area contributed by atoms with Gasteiger partial charge in [0.15, 0.2) is 5.78 Å². The Labute approximate surface area is 90.8 Å². The van der Waals surface area contributed by atoms with Crippen LogP contribution in [0.3, 0.4) is 0 Å². The molecule has 0 aliphatic rings. The Hall–Kier alpha value is -1.57. The lowest BCUT2D eigenvalue weighted by Gasteiger charge is -2.04. The maximum absolute atomic E-state index is 11.8. The Bertz CT molecular complexity index is 401. The van der Waals surface area contributed by atoms with Gasteiger partial charge in [0.25, 0.3) is 0 Å². The predicted molar refractivity (Wildman–Crippen MR) is 64.0 cm³/mol. The fourth-order valence-electron chi connectivity index (χ4n) is 1.38. The molecule has 1 aromatic rings. The number of ketones is 1. The summed E-state index contributed by atoms with van der Waals surface area (Å²) in [6.07, 6.45) is 2.53. The maximum atomic E-state index is 11.8. The Morgan fingerprint density at radius 1 is 1.40 bits per heavy atom. The molecule has 1 rings (SSSR count). The van der Waals surface area contributed by atoms with Crippen molar-refractivity contribution in [1.29, 1.82) is 0 Å². The second kappa shape index (κ2) is 4.78. The molecular formula is C13H17NO. The van der Waals surface area contributed by atoms with E-state index in [9.17, 15) is 4.79 Å². The van der Waals surface area contributed by atoms with Crippen LogP contribution in [0.25, 0.3) is 0 Å². The molecule has 2 heteroatoms. The first-order chi connectivity index (χ1) is 7.04. The van der Waals surface area contributed by atoms with Crippen LogP contribution in [0, 0.1) is 0 Å². The summed E-state index contributed by atoms with van der Waals surface area (Å²) in [6, 6.07) is 5.62. The molecule has 80 valence electrons. The van der Waals surface area contributed by atoms with Gasteiger partial charge < -0.3 is 5.73 Å². The molecule has 0 bridgehead atoms. The summed E-state index contributed by atoms with van der Waals surface area (Å²) >= 11 is 0. The van der Waals surface area contributed by atoms with Gasteiger partial charge >= 0.3 is 0 Å². The molecule has 0 spiro atoms. The van der Waals surface area contributed by atoms with Crippen LogP contribution in [0.4, 0.5) is 5.69 Å². The van der Waals surface area contributed by atoms with Gasteiger partial charge in [-0.05, 0) is 44.0 Å². The van der Waals surface area contributed by atoms with Gasteiger partial charge in [0.05, 0.1) is 0 Å². The highest BCUT2D eigenvalue weighted by Gasteiger charge is 2.07. The van der Waals surface area contributed by atoms with E-state index in [0.717, 1.165) is 17.6 Å². The number of hydrogen-bond donors (Lipinski definition) is 1. The van der Waals surface area contributed by atoms with Crippen molar-refractivity contribution in [2.45, 2.75) is 27.2 Å². The zero-order valence-electron chi connectivity index (χ0n) is 9.50. The number of carbonyl (C=O) groups is 1. The van der Waals surface area contributed by atoms with Crippen molar-refractivity contribution in [3.05, 3.63) is 41.0 Å². The quantitative estimate of drug-likeness (QED) is 0.466. The molecule has 0 aromatic heterocycles. The first kappa shape index (κ1) is 11.5. The molecule has 2 N–H and O–H groups in total. The van der Waals surface area contributed by atoms with Gasteiger partial charge in [-0.1, -0.05) is 18.6 Å². The number of hydrogen-bond acceptors (Lipinski definition) is 2. The lowest BCUT2D eigenvalue weighted by molar-refractivity contribution is 0.104. The molecular weight excluding hydrogens is 186 g/mol. The van der Waals surface area contributed by atoms with E-state index >= 15 is 0 Å².